The average molecular weight is 1440 g/mol. The molecule has 100 heavy (non-hydrogen) atoms. The van der Waals surface area contributed by atoms with E-state index >= 15 is 0 Å². The van der Waals surface area contributed by atoms with E-state index < -0.39 is 26.5 Å². The first-order valence-electron chi connectivity index (χ1n) is 45.8. The number of likely N-dealkylation sites (N-methyl/N-ethyl adjacent to an activating group) is 1. The van der Waals surface area contributed by atoms with Crippen molar-refractivity contribution in [1.29, 1.82) is 0 Å². The molecule has 0 bridgehead atoms. The summed E-state index contributed by atoms with van der Waals surface area (Å²) in [5.74, 6) is -0.762. The van der Waals surface area contributed by atoms with Crippen molar-refractivity contribution in [3.63, 3.8) is 0 Å². The first kappa shape index (κ1) is 99.0. The molecule has 0 aromatic rings. The van der Waals surface area contributed by atoms with Gasteiger partial charge in [0.15, 0.2) is 6.10 Å². The SMILES string of the molecule is CCCCCCCCCCCCCCCCCCCCCCCCCCCCCCCCCCCCCCCCCC(=O)OC(COC(=O)CCCCCCCCCCCCCCCCCCCCCCCCCCCCCCCCCCCCCCC)COP(=O)(O)OCC[N+](C)(C)C. The number of unbranched alkanes of at least 4 members (excludes halogenated alkanes) is 74. The lowest BCUT2D eigenvalue weighted by Gasteiger charge is -2.24. The predicted octanol–water partition coefficient (Wildman–Crippen LogP) is 30.7. The summed E-state index contributed by atoms with van der Waals surface area (Å²) in [6.07, 6.45) is 105. The number of carbonyl (C=O) groups is 2. The zero-order valence-electron chi connectivity index (χ0n) is 68.8. The Hall–Kier alpha value is -0.990. The molecule has 0 fully saturated rings. The lowest BCUT2D eigenvalue weighted by molar-refractivity contribution is -0.870. The van der Waals surface area contributed by atoms with Crippen molar-refractivity contribution in [3.05, 3.63) is 0 Å². The summed E-state index contributed by atoms with van der Waals surface area (Å²) >= 11 is 0. The van der Waals surface area contributed by atoms with Crippen molar-refractivity contribution < 1.29 is 42.1 Å². The van der Waals surface area contributed by atoms with Gasteiger partial charge < -0.3 is 18.9 Å². The maximum atomic E-state index is 12.9. The van der Waals surface area contributed by atoms with E-state index in [1.54, 1.807) is 0 Å². The second-order valence-electron chi connectivity index (χ2n) is 33.1. The van der Waals surface area contributed by atoms with Crippen molar-refractivity contribution in [2.75, 3.05) is 47.5 Å². The molecular formula is C90H181NO8P+. The number of esters is 2. The van der Waals surface area contributed by atoms with Gasteiger partial charge in [0.1, 0.15) is 19.8 Å². The van der Waals surface area contributed by atoms with E-state index in [1.807, 2.05) is 21.1 Å². The Kier molecular flexibility index (Phi) is 81.3. The van der Waals surface area contributed by atoms with E-state index in [9.17, 15) is 19.0 Å². The third-order valence-corrected chi connectivity index (χ3v) is 22.6. The van der Waals surface area contributed by atoms with Crippen molar-refractivity contribution in [1.82, 2.24) is 0 Å². The predicted molar refractivity (Wildman–Crippen MR) is 437 cm³/mol. The quantitative estimate of drug-likeness (QED) is 0.0278. The lowest BCUT2D eigenvalue weighted by Crippen LogP contribution is -2.37. The summed E-state index contributed by atoms with van der Waals surface area (Å²) in [4.78, 5) is 36.1. The monoisotopic (exact) mass is 1440 g/mol. The number of phosphoric ester groups is 1. The van der Waals surface area contributed by atoms with Crippen molar-refractivity contribution in [2.24, 2.45) is 0 Å². The van der Waals surface area contributed by atoms with Crippen molar-refractivity contribution >= 4 is 19.8 Å². The van der Waals surface area contributed by atoms with Crippen LogP contribution in [-0.4, -0.2) is 74.9 Å². The van der Waals surface area contributed by atoms with Crippen LogP contribution in [0.3, 0.4) is 0 Å². The van der Waals surface area contributed by atoms with Crippen molar-refractivity contribution in [2.45, 2.75) is 521 Å². The maximum Gasteiger partial charge on any atom is 0.472 e. The van der Waals surface area contributed by atoms with Crippen LogP contribution in [0.1, 0.15) is 515 Å². The zero-order chi connectivity index (χ0) is 72.5. The molecule has 0 radical (unpaired) electrons. The number of phosphoric acid groups is 1. The fourth-order valence-electron chi connectivity index (χ4n) is 14.7. The highest BCUT2D eigenvalue weighted by Crippen LogP contribution is 2.43. The van der Waals surface area contributed by atoms with Gasteiger partial charge in [0.2, 0.25) is 0 Å². The summed E-state index contributed by atoms with van der Waals surface area (Å²) in [6, 6.07) is 0. The van der Waals surface area contributed by atoms with Crippen LogP contribution in [0, 0.1) is 0 Å². The average Bonchev–Trinajstić information content (AvgIpc) is 1.07. The van der Waals surface area contributed by atoms with Crippen LogP contribution < -0.4 is 0 Å². The highest BCUT2D eigenvalue weighted by Gasteiger charge is 2.27. The Morgan fingerprint density at radius 2 is 0.450 bits per heavy atom. The van der Waals surface area contributed by atoms with Crippen molar-refractivity contribution in [3.8, 4) is 0 Å². The second kappa shape index (κ2) is 82.1. The fraction of sp³-hybridized carbons (Fsp3) is 0.978. The molecule has 0 saturated heterocycles. The van der Waals surface area contributed by atoms with E-state index in [1.165, 1.54) is 449 Å². The largest absolute Gasteiger partial charge is 0.472 e. The number of carbonyl (C=O) groups excluding carboxylic acids is 2. The highest BCUT2D eigenvalue weighted by atomic mass is 31.2. The number of ether oxygens (including phenoxy) is 2. The molecule has 9 nitrogen and oxygen atoms in total. The zero-order valence-corrected chi connectivity index (χ0v) is 69.7. The molecule has 10 heteroatoms. The van der Waals surface area contributed by atoms with Gasteiger partial charge in [-0.15, -0.1) is 0 Å². The minimum absolute atomic E-state index is 0.0380. The summed E-state index contributed by atoms with van der Waals surface area (Å²) in [5.41, 5.74) is 0. The number of hydrogen-bond donors (Lipinski definition) is 1. The molecule has 1 N–H and O–H groups in total. The standard InChI is InChI=1S/C90H180NO8P/c1-6-8-10-12-14-16-18-20-22-24-26-28-30-32-34-36-38-40-42-44-45-47-49-51-53-55-57-59-61-63-65-67-69-71-73-75-77-79-81-83-90(93)99-88(87-98-100(94,95)97-85-84-91(3,4)5)86-96-89(92)82-80-78-76-74-72-70-68-66-64-62-60-58-56-54-52-50-48-46-43-41-39-37-35-33-31-29-27-25-23-21-19-17-15-13-11-9-7-2/h88H,6-87H2,1-5H3/p+1. The van der Waals surface area contributed by atoms with E-state index in [4.69, 9.17) is 18.5 Å². The normalized spacial score (nSPS) is 12.8. The fourth-order valence-corrected chi connectivity index (χ4v) is 15.4. The molecule has 2 atom stereocenters. The molecular weight excluding hydrogens is 1250 g/mol. The van der Waals surface area contributed by atoms with Gasteiger partial charge in [-0.1, -0.05) is 489 Å². The van der Waals surface area contributed by atoms with Crippen LogP contribution in [0.2, 0.25) is 0 Å². The Morgan fingerprint density at radius 3 is 0.640 bits per heavy atom. The first-order valence-corrected chi connectivity index (χ1v) is 47.3. The van der Waals surface area contributed by atoms with Crippen LogP contribution >= 0.6 is 7.82 Å². The maximum absolute atomic E-state index is 12.9. The third-order valence-electron chi connectivity index (χ3n) is 21.6. The van der Waals surface area contributed by atoms with Gasteiger partial charge >= 0.3 is 19.8 Å². The number of rotatable bonds is 88. The number of hydrogen-bond acceptors (Lipinski definition) is 7. The summed E-state index contributed by atoms with van der Waals surface area (Å²) < 4.78 is 34.9. The summed E-state index contributed by atoms with van der Waals surface area (Å²) in [6.45, 7) is 4.55. The Morgan fingerprint density at radius 1 is 0.270 bits per heavy atom. The number of nitrogens with zero attached hydrogens (tertiary/aromatic N) is 1. The van der Waals surface area contributed by atoms with Crippen LogP contribution in [0.15, 0.2) is 0 Å². The molecule has 2 unspecified atom stereocenters. The molecule has 0 amide bonds. The van der Waals surface area contributed by atoms with Gasteiger partial charge in [-0.2, -0.15) is 0 Å². The molecule has 0 saturated carbocycles. The second-order valence-corrected chi connectivity index (χ2v) is 34.5. The minimum atomic E-state index is -4.39. The molecule has 0 aliphatic rings. The molecule has 0 aliphatic carbocycles. The Labute approximate surface area is 626 Å². The number of quaternary nitrogens is 1. The van der Waals surface area contributed by atoms with Gasteiger partial charge in [-0.25, -0.2) is 4.57 Å². The van der Waals surface area contributed by atoms with Crippen LogP contribution in [0.5, 0.6) is 0 Å². The Bertz CT molecular complexity index is 1640. The highest BCUT2D eigenvalue weighted by molar-refractivity contribution is 7.47. The molecule has 0 rings (SSSR count). The van der Waals surface area contributed by atoms with Gasteiger partial charge in [0.25, 0.3) is 0 Å². The molecule has 0 aromatic carbocycles. The first-order chi connectivity index (χ1) is 49.0. The van der Waals surface area contributed by atoms with E-state index in [-0.39, 0.29) is 25.6 Å². The lowest BCUT2D eigenvalue weighted by atomic mass is 10.0. The van der Waals surface area contributed by atoms with Crippen LogP contribution in [0.25, 0.3) is 0 Å². The van der Waals surface area contributed by atoms with Crippen LogP contribution in [0.4, 0.5) is 0 Å². The van der Waals surface area contributed by atoms with Gasteiger partial charge in [-0.05, 0) is 12.8 Å². The van der Waals surface area contributed by atoms with Gasteiger partial charge in [-0.3, -0.25) is 18.6 Å². The smallest absolute Gasteiger partial charge is 0.462 e. The topological polar surface area (TPSA) is 108 Å². The summed E-state index contributed by atoms with van der Waals surface area (Å²) in [7, 11) is 1.51. The van der Waals surface area contributed by atoms with Crippen LogP contribution in [-0.2, 0) is 32.7 Å². The Balaban J connectivity index is 3.81. The summed E-state index contributed by atoms with van der Waals surface area (Å²) in [5, 5.41) is 0. The minimum Gasteiger partial charge on any atom is -0.462 e. The molecule has 0 heterocycles. The molecule has 0 aliphatic heterocycles. The molecule has 0 spiro atoms. The van der Waals surface area contributed by atoms with Gasteiger partial charge in [0, 0.05) is 12.8 Å². The van der Waals surface area contributed by atoms with Gasteiger partial charge in [0.05, 0.1) is 27.7 Å². The molecule has 0 aromatic heterocycles. The van der Waals surface area contributed by atoms with E-state index in [0.29, 0.717) is 17.4 Å². The molecule has 598 valence electrons. The van der Waals surface area contributed by atoms with E-state index in [2.05, 4.69) is 13.8 Å². The third kappa shape index (κ3) is 85.9. The van der Waals surface area contributed by atoms with E-state index in [0.717, 1.165) is 38.5 Å².